The minimum absolute atomic E-state index is 0.265. The third-order valence-electron chi connectivity index (χ3n) is 2.97. The van der Waals surface area contributed by atoms with Gasteiger partial charge in [0.1, 0.15) is 11.6 Å². The number of fused-ring (bicyclic) bond motifs is 1. The van der Waals surface area contributed by atoms with Gasteiger partial charge in [-0.2, -0.15) is 0 Å². The van der Waals surface area contributed by atoms with Gasteiger partial charge in [-0.05, 0) is 18.8 Å². The topological polar surface area (TPSA) is 34.1 Å². The number of carbonyl (C=O) groups excluding carboxylic acids is 2. The Balaban J connectivity index is 2.03. The van der Waals surface area contributed by atoms with Crippen molar-refractivity contribution in [1.82, 2.24) is 0 Å². The molecule has 0 bridgehead atoms. The molecule has 2 fully saturated rings. The van der Waals surface area contributed by atoms with Crippen molar-refractivity contribution in [2.45, 2.75) is 32.1 Å². The number of rotatable bonds is 0. The van der Waals surface area contributed by atoms with E-state index in [2.05, 4.69) is 0 Å². The number of carbonyl (C=O) groups is 2. The first-order valence-corrected chi connectivity index (χ1v) is 4.32. The molecular weight excluding hydrogens is 140 g/mol. The molecule has 0 aliphatic heterocycles. The molecule has 2 nitrogen and oxygen atoms in total. The Morgan fingerprint density at radius 2 is 1.82 bits per heavy atom. The Kier molecular flexibility index (Phi) is 1.55. The molecule has 0 radical (unpaired) electrons. The van der Waals surface area contributed by atoms with Crippen LogP contribution in [-0.2, 0) is 9.59 Å². The van der Waals surface area contributed by atoms with E-state index < -0.39 is 0 Å². The third-order valence-corrected chi connectivity index (χ3v) is 2.97. The SMILES string of the molecule is O=C1CCC2CC(=O)C2CC1. The second kappa shape index (κ2) is 2.43. The van der Waals surface area contributed by atoms with Crippen molar-refractivity contribution in [1.29, 1.82) is 0 Å². The standard InChI is InChI=1S/C9H12O2/c10-7-2-1-6-5-9(11)8(6)4-3-7/h6,8H,1-5H2. The minimum Gasteiger partial charge on any atom is -0.300 e. The van der Waals surface area contributed by atoms with Gasteiger partial charge in [-0.25, -0.2) is 0 Å². The van der Waals surface area contributed by atoms with Gasteiger partial charge >= 0.3 is 0 Å². The van der Waals surface area contributed by atoms with E-state index in [9.17, 15) is 9.59 Å². The maximum Gasteiger partial charge on any atom is 0.136 e. The number of Topliss-reactive ketones (excluding diaryl/α,β-unsaturated/α-hetero) is 2. The van der Waals surface area contributed by atoms with Crippen molar-refractivity contribution in [3.8, 4) is 0 Å². The molecule has 0 N–H and O–H groups in total. The molecule has 0 aromatic rings. The summed E-state index contributed by atoms with van der Waals surface area (Å²) in [7, 11) is 0. The van der Waals surface area contributed by atoms with Crippen LogP contribution in [0.3, 0.4) is 0 Å². The van der Waals surface area contributed by atoms with Crippen molar-refractivity contribution in [3.05, 3.63) is 0 Å². The Morgan fingerprint density at radius 1 is 1.09 bits per heavy atom. The highest BCUT2D eigenvalue weighted by Crippen LogP contribution is 2.39. The van der Waals surface area contributed by atoms with Crippen molar-refractivity contribution in [2.24, 2.45) is 11.8 Å². The van der Waals surface area contributed by atoms with Crippen LogP contribution < -0.4 is 0 Å². The zero-order valence-electron chi connectivity index (χ0n) is 6.51. The zero-order valence-corrected chi connectivity index (χ0v) is 6.51. The largest absolute Gasteiger partial charge is 0.300 e. The van der Waals surface area contributed by atoms with Gasteiger partial charge in [0.25, 0.3) is 0 Å². The molecule has 0 aromatic heterocycles. The van der Waals surface area contributed by atoms with Crippen molar-refractivity contribution in [3.63, 3.8) is 0 Å². The van der Waals surface area contributed by atoms with Crippen molar-refractivity contribution >= 4 is 11.6 Å². The van der Waals surface area contributed by atoms with Crippen LogP contribution in [0.25, 0.3) is 0 Å². The minimum atomic E-state index is 0.265. The quantitative estimate of drug-likeness (QED) is 0.524. The Morgan fingerprint density at radius 3 is 2.55 bits per heavy atom. The lowest BCUT2D eigenvalue weighted by Crippen LogP contribution is -2.35. The highest BCUT2D eigenvalue weighted by Gasteiger charge is 2.40. The second-order valence-corrected chi connectivity index (χ2v) is 3.65. The van der Waals surface area contributed by atoms with Gasteiger partial charge in [-0.3, -0.25) is 9.59 Å². The van der Waals surface area contributed by atoms with E-state index in [1.54, 1.807) is 0 Å². The molecule has 2 aliphatic rings. The summed E-state index contributed by atoms with van der Waals surface area (Å²) < 4.78 is 0. The third kappa shape index (κ3) is 1.10. The molecule has 11 heavy (non-hydrogen) atoms. The molecule has 0 saturated heterocycles. The van der Waals surface area contributed by atoms with E-state index in [1.165, 1.54) is 0 Å². The van der Waals surface area contributed by atoms with E-state index in [0.29, 0.717) is 30.3 Å². The molecule has 2 heteroatoms. The maximum atomic E-state index is 11.0. The first-order valence-electron chi connectivity index (χ1n) is 4.32. The molecule has 0 spiro atoms. The number of ketones is 2. The Hall–Kier alpha value is -0.660. The summed E-state index contributed by atoms with van der Waals surface area (Å²) in [5.41, 5.74) is 0. The van der Waals surface area contributed by atoms with Gasteiger partial charge in [0.05, 0.1) is 0 Å². The summed E-state index contributed by atoms with van der Waals surface area (Å²) in [6, 6.07) is 0. The lowest BCUT2D eigenvalue weighted by molar-refractivity contribution is -0.134. The van der Waals surface area contributed by atoms with Crippen LogP contribution in [0.4, 0.5) is 0 Å². The lowest BCUT2D eigenvalue weighted by Gasteiger charge is -2.32. The van der Waals surface area contributed by atoms with Gasteiger partial charge < -0.3 is 0 Å². The molecule has 0 aromatic carbocycles. The molecule has 2 saturated carbocycles. The van der Waals surface area contributed by atoms with Gasteiger partial charge in [0, 0.05) is 25.2 Å². The lowest BCUT2D eigenvalue weighted by atomic mass is 9.70. The number of hydrogen-bond acceptors (Lipinski definition) is 2. The van der Waals surface area contributed by atoms with Gasteiger partial charge in [-0.15, -0.1) is 0 Å². The van der Waals surface area contributed by atoms with Crippen molar-refractivity contribution < 1.29 is 9.59 Å². The van der Waals surface area contributed by atoms with Crippen molar-refractivity contribution in [2.75, 3.05) is 0 Å². The molecule has 2 unspecified atom stereocenters. The average Bonchev–Trinajstić information content (AvgIpc) is 2.09. The molecule has 0 heterocycles. The highest BCUT2D eigenvalue weighted by atomic mass is 16.1. The first-order chi connectivity index (χ1) is 5.27. The van der Waals surface area contributed by atoms with Crippen LogP contribution in [0.1, 0.15) is 32.1 Å². The summed E-state index contributed by atoms with van der Waals surface area (Å²) in [6.07, 6.45) is 3.91. The average molecular weight is 152 g/mol. The second-order valence-electron chi connectivity index (χ2n) is 3.65. The summed E-state index contributed by atoms with van der Waals surface area (Å²) >= 11 is 0. The van der Waals surface area contributed by atoms with Crippen LogP contribution in [-0.4, -0.2) is 11.6 Å². The summed E-state index contributed by atoms with van der Waals surface area (Å²) in [4.78, 5) is 22.0. The van der Waals surface area contributed by atoms with Crippen LogP contribution in [0.2, 0.25) is 0 Å². The predicted octanol–water partition coefficient (Wildman–Crippen LogP) is 1.33. The van der Waals surface area contributed by atoms with Gasteiger partial charge in [0.2, 0.25) is 0 Å². The maximum absolute atomic E-state index is 11.0. The molecule has 60 valence electrons. The van der Waals surface area contributed by atoms with E-state index in [4.69, 9.17) is 0 Å². The van der Waals surface area contributed by atoms with Crippen LogP contribution >= 0.6 is 0 Å². The highest BCUT2D eigenvalue weighted by molar-refractivity contribution is 5.89. The summed E-state index contributed by atoms with van der Waals surface area (Å²) in [6.45, 7) is 0. The van der Waals surface area contributed by atoms with E-state index in [0.717, 1.165) is 19.3 Å². The van der Waals surface area contributed by atoms with E-state index >= 15 is 0 Å². The molecule has 0 amide bonds. The van der Waals surface area contributed by atoms with Crippen LogP contribution in [0.15, 0.2) is 0 Å². The molecule has 2 aliphatic carbocycles. The van der Waals surface area contributed by atoms with E-state index in [1.807, 2.05) is 0 Å². The zero-order chi connectivity index (χ0) is 7.84. The smallest absolute Gasteiger partial charge is 0.136 e. The molecular formula is C9H12O2. The monoisotopic (exact) mass is 152 g/mol. The van der Waals surface area contributed by atoms with Gasteiger partial charge in [-0.1, -0.05) is 0 Å². The predicted molar refractivity (Wildman–Crippen MR) is 40.1 cm³/mol. The number of hydrogen-bond donors (Lipinski definition) is 0. The molecule has 2 rings (SSSR count). The Bertz CT molecular complexity index is 206. The van der Waals surface area contributed by atoms with Gasteiger partial charge in [0.15, 0.2) is 0 Å². The Labute approximate surface area is 66.0 Å². The fourth-order valence-electron chi connectivity index (χ4n) is 2.14. The molecule has 2 atom stereocenters. The first kappa shape index (κ1) is 7.01. The van der Waals surface area contributed by atoms with Crippen LogP contribution in [0, 0.1) is 11.8 Å². The summed E-state index contributed by atoms with van der Waals surface area (Å²) in [5, 5.41) is 0. The fraction of sp³-hybridized carbons (Fsp3) is 0.778. The fourth-order valence-corrected chi connectivity index (χ4v) is 2.14. The van der Waals surface area contributed by atoms with Crippen LogP contribution in [0.5, 0.6) is 0 Å². The summed E-state index contributed by atoms with van der Waals surface area (Å²) in [5.74, 6) is 1.58. The van der Waals surface area contributed by atoms with E-state index in [-0.39, 0.29) is 5.92 Å². The normalized spacial score (nSPS) is 37.5.